The maximum Gasteiger partial charge on any atom is 0.122 e. The molecule has 0 saturated carbocycles. The second-order valence-electron chi connectivity index (χ2n) is 4.23. The van der Waals surface area contributed by atoms with Crippen LogP contribution in [0.15, 0.2) is 18.3 Å². The summed E-state index contributed by atoms with van der Waals surface area (Å²) in [5, 5.41) is 0. The van der Waals surface area contributed by atoms with Crippen LogP contribution < -0.4 is 10.5 Å². The molecule has 0 amide bonds. The van der Waals surface area contributed by atoms with E-state index in [-0.39, 0.29) is 5.41 Å². The van der Waals surface area contributed by atoms with Gasteiger partial charge >= 0.3 is 0 Å². The Morgan fingerprint density at radius 3 is 2.79 bits per heavy atom. The van der Waals surface area contributed by atoms with Gasteiger partial charge in [-0.15, -0.1) is 0 Å². The third kappa shape index (κ3) is 3.00. The van der Waals surface area contributed by atoms with Gasteiger partial charge in [0.05, 0.1) is 7.11 Å². The second kappa shape index (κ2) is 4.42. The minimum Gasteiger partial charge on any atom is -0.497 e. The summed E-state index contributed by atoms with van der Waals surface area (Å²) in [6.45, 7) is 4.92. The lowest BCUT2D eigenvalue weighted by molar-refractivity contribution is 0.370. The lowest BCUT2D eigenvalue weighted by atomic mass is 9.88. The van der Waals surface area contributed by atoms with Crippen molar-refractivity contribution in [2.75, 3.05) is 13.7 Å². The number of pyridine rings is 1. The van der Waals surface area contributed by atoms with Crippen molar-refractivity contribution in [3.05, 3.63) is 24.0 Å². The van der Waals surface area contributed by atoms with E-state index in [1.165, 1.54) is 0 Å². The lowest BCUT2D eigenvalue weighted by Crippen LogP contribution is -2.26. The van der Waals surface area contributed by atoms with E-state index < -0.39 is 0 Å². The van der Waals surface area contributed by atoms with Gasteiger partial charge in [-0.3, -0.25) is 4.98 Å². The summed E-state index contributed by atoms with van der Waals surface area (Å²) in [7, 11) is 1.66. The van der Waals surface area contributed by atoms with Crippen LogP contribution in [-0.2, 0) is 6.42 Å². The standard InChI is InChI=1S/C11H18N2O/c1-11(2,8-12)7-9-6-10(14-3)4-5-13-9/h4-6H,7-8,12H2,1-3H3. The summed E-state index contributed by atoms with van der Waals surface area (Å²) in [5.41, 5.74) is 6.79. The Hall–Kier alpha value is -1.09. The van der Waals surface area contributed by atoms with Crippen LogP contribution >= 0.6 is 0 Å². The molecular weight excluding hydrogens is 176 g/mol. The first-order valence-corrected chi connectivity index (χ1v) is 4.76. The summed E-state index contributed by atoms with van der Waals surface area (Å²) in [5.74, 6) is 0.850. The average Bonchev–Trinajstić information content (AvgIpc) is 2.17. The maximum absolute atomic E-state index is 5.67. The summed E-state index contributed by atoms with van der Waals surface area (Å²) in [6.07, 6.45) is 2.64. The highest BCUT2D eigenvalue weighted by Crippen LogP contribution is 2.20. The summed E-state index contributed by atoms with van der Waals surface area (Å²) >= 11 is 0. The van der Waals surface area contributed by atoms with E-state index in [4.69, 9.17) is 10.5 Å². The van der Waals surface area contributed by atoms with Gasteiger partial charge in [-0.1, -0.05) is 13.8 Å². The van der Waals surface area contributed by atoms with E-state index >= 15 is 0 Å². The number of aromatic nitrogens is 1. The van der Waals surface area contributed by atoms with E-state index in [0.29, 0.717) is 6.54 Å². The number of rotatable bonds is 4. The number of methoxy groups -OCH3 is 1. The van der Waals surface area contributed by atoms with Crippen molar-refractivity contribution in [1.29, 1.82) is 0 Å². The highest BCUT2D eigenvalue weighted by atomic mass is 16.5. The number of hydrogen-bond donors (Lipinski definition) is 1. The zero-order chi connectivity index (χ0) is 10.6. The van der Waals surface area contributed by atoms with Gasteiger partial charge in [0, 0.05) is 18.0 Å². The molecule has 0 radical (unpaired) electrons. The van der Waals surface area contributed by atoms with Crippen LogP contribution in [0.5, 0.6) is 5.75 Å². The molecule has 0 bridgehead atoms. The van der Waals surface area contributed by atoms with Crippen LogP contribution in [-0.4, -0.2) is 18.6 Å². The normalized spacial score (nSPS) is 11.4. The second-order valence-corrected chi connectivity index (χ2v) is 4.23. The largest absolute Gasteiger partial charge is 0.497 e. The molecule has 0 spiro atoms. The molecule has 0 atom stereocenters. The van der Waals surface area contributed by atoms with Crippen LogP contribution in [0, 0.1) is 5.41 Å². The molecule has 14 heavy (non-hydrogen) atoms. The molecule has 78 valence electrons. The van der Waals surface area contributed by atoms with E-state index in [0.717, 1.165) is 17.9 Å². The molecule has 0 aliphatic carbocycles. The molecule has 0 unspecified atom stereocenters. The number of nitrogens with zero attached hydrogens (tertiary/aromatic N) is 1. The quantitative estimate of drug-likeness (QED) is 0.792. The molecule has 1 aromatic rings. The van der Waals surface area contributed by atoms with Gasteiger partial charge in [0.2, 0.25) is 0 Å². The van der Waals surface area contributed by atoms with Gasteiger partial charge in [0.15, 0.2) is 0 Å². The van der Waals surface area contributed by atoms with Crippen LogP contribution in [0.3, 0.4) is 0 Å². The van der Waals surface area contributed by atoms with E-state index in [9.17, 15) is 0 Å². The molecule has 2 N–H and O–H groups in total. The van der Waals surface area contributed by atoms with Crippen molar-refractivity contribution >= 4 is 0 Å². The van der Waals surface area contributed by atoms with Crippen molar-refractivity contribution in [2.45, 2.75) is 20.3 Å². The third-order valence-corrected chi connectivity index (χ3v) is 2.24. The SMILES string of the molecule is COc1ccnc(CC(C)(C)CN)c1. The molecule has 1 heterocycles. The number of nitrogens with two attached hydrogens (primary N) is 1. The summed E-state index contributed by atoms with van der Waals surface area (Å²) < 4.78 is 5.13. The van der Waals surface area contributed by atoms with Crippen LogP contribution in [0.4, 0.5) is 0 Å². The Labute approximate surface area is 85.3 Å². The Bertz CT molecular complexity index is 297. The van der Waals surface area contributed by atoms with E-state index in [1.54, 1.807) is 13.3 Å². The number of hydrogen-bond acceptors (Lipinski definition) is 3. The molecule has 0 saturated heterocycles. The summed E-state index contributed by atoms with van der Waals surface area (Å²) in [6, 6.07) is 3.80. The highest BCUT2D eigenvalue weighted by molar-refractivity contribution is 5.23. The number of ether oxygens (including phenoxy) is 1. The van der Waals surface area contributed by atoms with Crippen molar-refractivity contribution in [1.82, 2.24) is 4.98 Å². The minimum absolute atomic E-state index is 0.0966. The molecule has 3 heteroatoms. The van der Waals surface area contributed by atoms with Gasteiger partial charge in [-0.05, 0) is 24.4 Å². The zero-order valence-electron chi connectivity index (χ0n) is 9.08. The van der Waals surface area contributed by atoms with Crippen LogP contribution in [0.1, 0.15) is 19.5 Å². The monoisotopic (exact) mass is 194 g/mol. The topological polar surface area (TPSA) is 48.1 Å². The first-order valence-electron chi connectivity index (χ1n) is 4.76. The Morgan fingerprint density at radius 1 is 1.50 bits per heavy atom. The molecule has 1 rings (SSSR count). The van der Waals surface area contributed by atoms with Gasteiger partial charge in [-0.2, -0.15) is 0 Å². The predicted octanol–water partition coefficient (Wildman–Crippen LogP) is 1.62. The minimum atomic E-state index is 0.0966. The molecule has 0 fully saturated rings. The lowest BCUT2D eigenvalue weighted by Gasteiger charge is -2.21. The van der Waals surface area contributed by atoms with E-state index in [1.807, 2.05) is 12.1 Å². The average molecular weight is 194 g/mol. The Morgan fingerprint density at radius 2 is 2.21 bits per heavy atom. The van der Waals surface area contributed by atoms with Crippen molar-refractivity contribution in [3.63, 3.8) is 0 Å². The summed E-state index contributed by atoms with van der Waals surface area (Å²) in [4.78, 5) is 4.28. The molecule has 1 aromatic heterocycles. The molecular formula is C11H18N2O. The van der Waals surface area contributed by atoms with Crippen LogP contribution in [0.25, 0.3) is 0 Å². The van der Waals surface area contributed by atoms with Gasteiger partial charge < -0.3 is 10.5 Å². The molecule has 3 nitrogen and oxygen atoms in total. The molecule has 0 aliphatic heterocycles. The van der Waals surface area contributed by atoms with Crippen molar-refractivity contribution < 1.29 is 4.74 Å². The van der Waals surface area contributed by atoms with Gasteiger partial charge in [-0.25, -0.2) is 0 Å². The zero-order valence-corrected chi connectivity index (χ0v) is 9.08. The molecule has 0 aliphatic rings. The fraction of sp³-hybridized carbons (Fsp3) is 0.545. The fourth-order valence-electron chi connectivity index (χ4n) is 1.24. The fourth-order valence-corrected chi connectivity index (χ4v) is 1.24. The predicted molar refractivity (Wildman–Crippen MR) is 57.3 cm³/mol. The van der Waals surface area contributed by atoms with Gasteiger partial charge in [0.25, 0.3) is 0 Å². The third-order valence-electron chi connectivity index (χ3n) is 2.24. The Balaban J connectivity index is 2.76. The van der Waals surface area contributed by atoms with Crippen molar-refractivity contribution in [2.24, 2.45) is 11.1 Å². The highest BCUT2D eigenvalue weighted by Gasteiger charge is 2.17. The van der Waals surface area contributed by atoms with Crippen LogP contribution in [0.2, 0.25) is 0 Å². The first kappa shape index (κ1) is 11.0. The molecule has 0 aromatic carbocycles. The Kier molecular flexibility index (Phi) is 3.47. The first-order chi connectivity index (χ1) is 6.57. The van der Waals surface area contributed by atoms with Gasteiger partial charge in [0.1, 0.15) is 5.75 Å². The maximum atomic E-state index is 5.67. The van der Waals surface area contributed by atoms with Crippen molar-refractivity contribution in [3.8, 4) is 5.75 Å². The van der Waals surface area contributed by atoms with E-state index in [2.05, 4.69) is 18.8 Å². The smallest absolute Gasteiger partial charge is 0.122 e.